The van der Waals surface area contributed by atoms with Crippen LogP contribution in [0.1, 0.15) is 11.7 Å². The molecule has 0 saturated heterocycles. The Morgan fingerprint density at radius 2 is 2.21 bits per heavy atom. The van der Waals surface area contributed by atoms with Gasteiger partial charge in [-0.1, -0.05) is 27.5 Å². The van der Waals surface area contributed by atoms with Gasteiger partial charge in [-0.15, -0.1) is 0 Å². The molecule has 6 heteroatoms. The van der Waals surface area contributed by atoms with Crippen molar-refractivity contribution < 1.29 is 14.6 Å². The topological polar surface area (TPSA) is 53.4 Å². The Hall–Kier alpha value is -0.230. The van der Waals surface area contributed by atoms with Crippen LogP contribution in [0.25, 0.3) is 0 Å². The summed E-state index contributed by atoms with van der Waals surface area (Å²) in [6.07, 6.45) is -0.951. The number of aliphatic hydroxyl groups excluding tert-OH is 2. The van der Waals surface area contributed by atoms with E-state index >= 15 is 0 Å². The second kappa shape index (κ2) is 5.02. The molecule has 0 aromatic carbocycles. The van der Waals surface area contributed by atoms with Gasteiger partial charge in [-0.2, -0.15) is 0 Å². The molecule has 0 aliphatic rings. The third-order valence-electron chi connectivity index (χ3n) is 1.68. The van der Waals surface area contributed by atoms with Crippen LogP contribution in [0.4, 0.5) is 4.39 Å². The van der Waals surface area contributed by atoms with Gasteiger partial charge in [0.25, 0.3) is 0 Å². The van der Waals surface area contributed by atoms with E-state index in [-0.39, 0.29) is 16.0 Å². The predicted octanol–water partition coefficient (Wildman–Crippen LogP) is 1.66. The van der Waals surface area contributed by atoms with Crippen molar-refractivity contribution in [3.8, 4) is 0 Å². The molecular weight excluding hydrogens is 276 g/mol. The number of rotatable bonds is 3. The van der Waals surface area contributed by atoms with Gasteiger partial charge in [0.2, 0.25) is 0 Å². The maximum absolute atomic E-state index is 12.9. The summed E-state index contributed by atoms with van der Waals surface area (Å²) >= 11 is 8.35. The summed E-state index contributed by atoms with van der Waals surface area (Å²) in [4.78, 5) is 3.52. The van der Waals surface area contributed by atoms with Crippen LogP contribution in [0.5, 0.6) is 0 Å². The lowest BCUT2D eigenvalue weighted by atomic mass is 10.1. The number of aliphatic hydroxyl groups is 2. The molecule has 1 heterocycles. The van der Waals surface area contributed by atoms with Crippen LogP contribution in [0.15, 0.2) is 12.3 Å². The van der Waals surface area contributed by atoms with Crippen molar-refractivity contribution in [1.82, 2.24) is 4.98 Å². The third kappa shape index (κ3) is 2.63. The molecule has 1 aromatic rings. The van der Waals surface area contributed by atoms with Crippen molar-refractivity contribution in [3.05, 3.63) is 28.8 Å². The van der Waals surface area contributed by atoms with Crippen LogP contribution in [0, 0.1) is 5.82 Å². The highest BCUT2D eigenvalue weighted by Gasteiger charge is 2.18. The standard InChI is InChI=1S/C8H8BrClFNO2/c9-2-6(13)7(14)4-1-5(11)8(10)12-3-4/h1,3,6-7,13-14H,2H2. The van der Waals surface area contributed by atoms with Crippen molar-refractivity contribution in [3.63, 3.8) is 0 Å². The van der Waals surface area contributed by atoms with Gasteiger partial charge in [-0.3, -0.25) is 0 Å². The van der Waals surface area contributed by atoms with Gasteiger partial charge >= 0.3 is 0 Å². The second-order valence-electron chi connectivity index (χ2n) is 2.71. The Kier molecular flexibility index (Phi) is 4.25. The van der Waals surface area contributed by atoms with E-state index in [9.17, 15) is 14.6 Å². The van der Waals surface area contributed by atoms with E-state index in [0.29, 0.717) is 0 Å². The number of pyridine rings is 1. The van der Waals surface area contributed by atoms with Crippen molar-refractivity contribution in [1.29, 1.82) is 0 Å². The van der Waals surface area contributed by atoms with E-state index in [1.807, 2.05) is 0 Å². The monoisotopic (exact) mass is 283 g/mol. The van der Waals surface area contributed by atoms with E-state index < -0.39 is 18.0 Å². The number of hydrogen-bond donors (Lipinski definition) is 2. The summed E-state index contributed by atoms with van der Waals surface area (Å²) in [7, 11) is 0. The smallest absolute Gasteiger partial charge is 0.164 e. The van der Waals surface area contributed by atoms with Gasteiger partial charge in [0.05, 0.1) is 6.10 Å². The third-order valence-corrected chi connectivity index (χ3v) is 2.62. The van der Waals surface area contributed by atoms with Crippen LogP contribution in [0.2, 0.25) is 5.15 Å². The molecule has 1 aromatic heterocycles. The molecule has 0 bridgehead atoms. The first kappa shape index (κ1) is 11.8. The molecule has 2 atom stereocenters. The highest BCUT2D eigenvalue weighted by atomic mass is 79.9. The van der Waals surface area contributed by atoms with E-state index in [1.165, 1.54) is 6.20 Å². The Labute approximate surface area is 93.7 Å². The normalized spacial score (nSPS) is 15.2. The highest BCUT2D eigenvalue weighted by molar-refractivity contribution is 9.09. The Balaban J connectivity index is 2.91. The molecule has 0 spiro atoms. The molecule has 14 heavy (non-hydrogen) atoms. The Morgan fingerprint density at radius 1 is 1.57 bits per heavy atom. The van der Waals surface area contributed by atoms with Crippen molar-refractivity contribution in [2.24, 2.45) is 0 Å². The molecule has 0 aliphatic carbocycles. The lowest BCUT2D eigenvalue weighted by molar-refractivity contribution is 0.0339. The molecule has 2 N–H and O–H groups in total. The SMILES string of the molecule is OC(CBr)C(O)c1cnc(Cl)c(F)c1. The van der Waals surface area contributed by atoms with Crippen molar-refractivity contribution in [2.75, 3.05) is 5.33 Å². The Morgan fingerprint density at radius 3 is 2.71 bits per heavy atom. The van der Waals surface area contributed by atoms with E-state index in [1.54, 1.807) is 0 Å². The number of aromatic nitrogens is 1. The van der Waals surface area contributed by atoms with Crippen LogP contribution >= 0.6 is 27.5 Å². The molecular formula is C8H8BrClFNO2. The first-order chi connectivity index (χ1) is 6.56. The van der Waals surface area contributed by atoms with Gasteiger partial charge in [0.1, 0.15) is 6.10 Å². The molecule has 0 radical (unpaired) electrons. The summed E-state index contributed by atoms with van der Waals surface area (Å²) in [5.74, 6) is -0.718. The lowest BCUT2D eigenvalue weighted by Gasteiger charge is -2.15. The summed E-state index contributed by atoms with van der Waals surface area (Å²) in [6.45, 7) is 0. The zero-order valence-electron chi connectivity index (χ0n) is 6.99. The van der Waals surface area contributed by atoms with E-state index in [0.717, 1.165) is 6.07 Å². The van der Waals surface area contributed by atoms with Crippen molar-refractivity contribution >= 4 is 27.5 Å². The molecule has 78 valence electrons. The van der Waals surface area contributed by atoms with Crippen molar-refractivity contribution in [2.45, 2.75) is 12.2 Å². The molecule has 0 amide bonds. The number of hydrogen-bond acceptors (Lipinski definition) is 3. The Bertz CT molecular complexity index is 326. The minimum absolute atomic E-state index is 0.193. The fourth-order valence-corrected chi connectivity index (χ4v) is 1.36. The van der Waals surface area contributed by atoms with Crippen LogP contribution in [0.3, 0.4) is 0 Å². The predicted molar refractivity (Wildman–Crippen MR) is 54.0 cm³/mol. The van der Waals surface area contributed by atoms with Crippen LogP contribution in [-0.4, -0.2) is 26.6 Å². The molecule has 3 nitrogen and oxygen atoms in total. The molecule has 0 aliphatic heterocycles. The average molecular weight is 285 g/mol. The summed E-state index contributed by atoms with van der Waals surface area (Å²) in [5, 5.41) is 18.7. The number of alkyl halides is 1. The van der Waals surface area contributed by atoms with Crippen LogP contribution < -0.4 is 0 Å². The molecule has 1 rings (SSSR count). The zero-order valence-corrected chi connectivity index (χ0v) is 9.33. The largest absolute Gasteiger partial charge is 0.389 e. The fraction of sp³-hybridized carbons (Fsp3) is 0.375. The maximum atomic E-state index is 12.9. The summed E-state index contributed by atoms with van der Waals surface area (Å²) in [6, 6.07) is 1.05. The molecule has 0 saturated carbocycles. The zero-order chi connectivity index (χ0) is 10.7. The lowest BCUT2D eigenvalue weighted by Crippen LogP contribution is -2.19. The minimum atomic E-state index is -1.17. The molecule has 2 unspecified atom stereocenters. The number of halogens is 3. The quantitative estimate of drug-likeness (QED) is 0.656. The summed E-state index contributed by atoms with van der Waals surface area (Å²) < 4.78 is 12.9. The summed E-state index contributed by atoms with van der Waals surface area (Å²) in [5.41, 5.74) is 0.193. The van der Waals surface area contributed by atoms with Gasteiger partial charge in [-0.25, -0.2) is 9.37 Å². The fourth-order valence-electron chi connectivity index (χ4n) is 0.904. The highest BCUT2D eigenvalue weighted by Crippen LogP contribution is 2.20. The first-order valence-corrected chi connectivity index (χ1v) is 5.29. The van der Waals surface area contributed by atoms with Gasteiger partial charge in [-0.05, 0) is 6.07 Å². The molecule has 0 fully saturated rings. The minimum Gasteiger partial charge on any atom is -0.389 e. The first-order valence-electron chi connectivity index (χ1n) is 3.79. The van der Waals surface area contributed by atoms with Gasteiger partial charge in [0.15, 0.2) is 11.0 Å². The van der Waals surface area contributed by atoms with E-state index in [4.69, 9.17) is 11.6 Å². The van der Waals surface area contributed by atoms with Gasteiger partial charge in [0, 0.05) is 17.1 Å². The second-order valence-corrected chi connectivity index (χ2v) is 3.71. The average Bonchev–Trinajstić information content (AvgIpc) is 2.20. The van der Waals surface area contributed by atoms with E-state index in [2.05, 4.69) is 20.9 Å². The maximum Gasteiger partial charge on any atom is 0.164 e. The number of nitrogens with zero attached hydrogens (tertiary/aromatic N) is 1. The van der Waals surface area contributed by atoms with Crippen LogP contribution in [-0.2, 0) is 0 Å². The van der Waals surface area contributed by atoms with Gasteiger partial charge < -0.3 is 10.2 Å².